The third kappa shape index (κ3) is 4.64. The highest BCUT2D eigenvalue weighted by Gasteiger charge is 2.23. The van der Waals surface area contributed by atoms with Gasteiger partial charge >= 0.3 is 0 Å². The molecule has 0 amide bonds. The molecule has 1 aliphatic heterocycles. The molecule has 3 heterocycles. The van der Waals surface area contributed by atoms with Gasteiger partial charge in [0.2, 0.25) is 5.95 Å². The minimum atomic E-state index is -0.345. The van der Waals surface area contributed by atoms with Gasteiger partial charge in [0.05, 0.1) is 21.8 Å². The average molecular weight is 506 g/mol. The first kappa shape index (κ1) is 22.3. The van der Waals surface area contributed by atoms with Crippen molar-refractivity contribution in [3.63, 3.8) is 0 Å². The Kier molecular flexibility index (Phi) is 6.38. The predicted octanol–water partition coefficient (Wildman–Crippen LogP) is 5.81. The van der Waals surface area contributed by atoms with Gasteiger partial charge in [0.15, 0.2) is 5.65 Å². The van der Waals surface area contributed by atoms with E-state index in [0.29, 0.717) is 61.6 Å². The van der Waals surface area contributed by atoms with E-state index in [1.54, 1.807) is 30.5 Å². The van der Waals surface area contributed by atoms with Crippen molar-refractivity contribution in [3.8, 4) is 11.4 Å². The van der Waals surface area contributed by atoms with Crippen LogP contribution in [0.4, 0.5) is 10.3 Å². The molecule has 0 saturated carbocycles. The van der Waals surface area contributed by atoms with Crippen molar-refractivity contribution in [3.05, 3.63) is 69.0 Å². The normalized spacial score (nSPS) is 15.9. The highest BCUT2D eigenvalue weighted by molar-refractivity contribution is 6.39. The Balaban J connectivity index is 1.54. The molecule has 1 fully saturated rings. The van der Waals surface area contributed by atoms with Crippen molar-refractivity contribution in [2.24, 2.45) is 5.92 Å². The summed E-state index contributed by atoms with van der Waals surface area (Å²) < 4.78 is 16.1. The monoisotopic (exact) mass is 504 g/mol. The molecule has 0 spiro atoms. The smallest absolute Gasteiger partial charge is 0.225 e. The number of anilines is 1. The first-order chi connectivity index (χ1) is 16.0. The number of hydrogen-bond acceptors (Lipinski definition) is 5. The fraction of sp³-hybridized carbons (Fsp3) is 0.261. The Hall–Kier alpha value is -2.45. The number of nitrogens with zero attached hydrogens (tertiary/aromatic N) is 4. The van der Waals surface area contributed by atoms with Gasteiger partial charge in [0.1, 0.15) is 17.2 Å². The maximum atomic E-state index is 14.1. The second-order valence-corrected chi connectivity index (χ2v) is 9.24. The van der Waals surface area contributed by atoms with Crippen LogP contribution >= 0.6 is 34.8 Å². The maximum absolute atomic E-state index is 14.1. The molecule has 4 aromatic rings. The van der Waals surface area contributed by atoms with Gasteiger partial charge in [-0.1, -0.05) is 40.9 Å². The third-order valence-corrected chi connectivity index (χ3v) is 6.59. The van der Waals surface area contributed by atoms with E-state index in [2.05, 4.69) is 15.6 Å². The molecule has 0 radical (unpaired) electrons. The third-order valence-electron chi connectivity index (χ3n) is 5.72. The summed E-state index contributed by atoms with van der Waals surface area (Å²) in [6, 6.07) is 9.83. The molecule has 2 aromatic heterocycles. The van der Waals surface area contributed by atoms with E-state index in [9.17, 15) is 4.39 Å². The van der Waals surface area contributed by atoms with Crippen molar-refractivity contribution in [2.45, 2.75) is 19.5 Å². The van der Waals surface area contributed by atoms with Gasteiger partial charge in [-0.25, -0.2) is 14.4 Å². The Morgan fingerprint density at radius 1 is 1.12 bits per heavy atom. The molecule has 170 valence electrons. The number of imidazole rings is 1. The van der Waals surface area contributed by atoms with Gasteiger partial charge in [-0.3, -0.25) is 0 Å². The quantitative estimate of drug-likeness (QED) is 0.346. The summed E-state index contributed by atoms with van der Waals surface area (Å²) in [4.78, 5) is 13.8. The molecule has 10 heteroatoms. The fourth-order valence-corrected chi connectivity index (χ4v) is 4.82. The van der Waals surface area contributed by atoms with Crippen LogP contribution in [0.15, 0.2) is 42.6 Å². The largest absolute Gasteiger partial charge is 0.350 e. The van der Waals surface area contributed by atoms with E-state index >= 15 is 0 Å². The van der Waals surface area contributed by atoms with Crippen molar-refractivity contribution >= 4 is 51.9 Å². The Morgan fingerprint density at radius 3 is 2.70 bits per heavy atom. The molecule has 1 aliphatic rings. The van der Waals surface area contributed by atoms with Crippen LogP contribution in [-0.4, -0.2) is 32.6 Å². The van der Waals surface area contributed by atoms with E-state index in [-0.39, 0.29) is 12.4 Å². The van der Waals surface area contributed by atoms with E-state index < -0.39 is 0 Å². The van der Waals surface area contributed by atoms with E-state index in [4.69, 9.17) is 44.8 Å². The first-order valence-electron chi connectivity index (χ1n) is 10.6. The van der Waals surface area contributed by atoms with Crippen molar-refractivity contribution in [2.75, 3.05) is 18.4 Å². The number of rotatable bonds is 6. The molecular formula is C23H20Cl3FN6. The van der Waals surface area contributed by atoms with Crippen LogP contribution in [0.5, 0.6) is 0 Å². The SMILES string of the molecule is Fc1ccc(Cl)cc1CNc1ncc2nc(-c3c(Cl)cccc3Cl)n(C[C@H]3CCNC3)c2n1. The lowest BCUT2D eigenvalue weighted by Gasteiger charge is -2.15. The lowest BCUT2D eigenvalue weighted by molar-refractivity contribution is 0.490. The van der Waals surface area contributed by atoms with Crippen molar-refractivity contribution in [1.29, 1.82) is 0 Å². The zero-order chi connectivity index (χ0) is 22.9. The summed E-state index contributed by atoms with van der Waals surface area (Å²) in [5.41, 5.74) is 2.39. The van der Waals surface area contributed by atoms with Crippen LogP contribution < -0.4 is 10.6 Å². The molecular weight excluding hydrogens is 486 g/mol. The number of aromatic nitrogens is 4. The number of hydrogen-bond donors (Lipinski definition) is 2. The van der Waals surface area contributed by atoms with Crippen LogP contribution in [0.25, 0.3) is 22.6 Å². The summed E-state index contributed by atoms with van der Waals surface area (Å²) in [5, 5.41) is 7.99. The van der Waals surface area contributed by atoms with Gasteiger partial charge < -0.3 is 15.2 Å². The molecule has 33 heavy (non-hydrogen) atoms. The highest BCUT2D eigenvalue weighted by Crippen LogP contribution is 2.36. The standard InChI is InChI=1S/C23H20Cl3FN6/c24-15-4-5-18(27)14(8-15)10-29-23-30-11-19-21(32-23)33(12-13-6-7-28-9-13)22(31-19)20-16(25)2-1-3-17(20)26/h1-5,8,11,13,28H,6-7,9-10,12H2,(H,29,30,32)/t13-/m0/s1. The fourth-order valence-electron chi connectivity index (χ4n) is 4.06. The van der Waals surface area contributed by atoms with Crippen LogP contribution in [0.1, 0.15) is 12.0 Å². The van der Waals surface area contributed by atoms with Gasteiger partial charge in [0, 0.05) is 23.7 Å². The molecule has 0 unspecified atom stereocenters. The summed E-state index contributed by atoms with van der Waals surface area (Å²) in [5.74, 6) is 1.10. The number of benzene rings is 2. The Bertz CT molecular complexity index is 1300. The molecule has 0 aliphatic carbocycles. The van der Waals surface area contributed by atoms with Gasteiger partial charge in [0.25, 0.3) is 0 Å². The molecule has 2 N–H and O–H groups in total. The minimum absolute atomic E-state index is 0.196. The van der Waals surface area contributed by atoms with E-state index in [1.165, 1.54) is 12.1 Å². The van der Waals surface area contributed by atoms with Gasteiger partial charge in [-0.2, -0.15) is 4.98 Å². The molecule has 1 atom stereocenters. The molecule has 2 aromatic carbocycles. The van der Waals surface area contributed by atoms with Crippen molar-refractivity contribution in [1.82, 2.24) is 24.8 Å². The summed E-state index contributed by atoms with van der Waals surface area (Å²) in [6.07, 6.45) is 2.70. The summed E-state index contributed by atoms with van der Waals surface area (Å²) in [6.45, 7) is 2.80. The van der Waals surface area contributed by atoms with Crippen LogP contribution in [0.2, 0.25) is 15.1 Å². The number of fused-ring (bicyclic) bond motifs is 1. The minimum Gasteiger partial charge on any atom is -0.350 e. The van der Waals surface area contributed by atoms with E-state index in [1.807, 2.05) is 4.57 Å². The first-order valence-corrected chi connectivity index (χ1v) is 11.7. The average Bonchev–Trinajstić information content (AvgIpc) is 3.43. The highest BCUT2D eigenvalue weighted by atomic mass is 35.5. The van der Waals surface area contributed by atoms with Gasteiger partial charge in [-0.05, 0) is 55.8 Å². The lowest BCUT2D eigenvalue weighted by atomic mass is 10.1. The zero-order valence-corrected chi connectivity index (χ0v) is 19.7. The van der Waals surface area contributed by atoms with E-state index in [0.717, 1.165) is 19.5 Å². The van der Waals surface area contributed by atoms with Crippen LogP contribution in [-0.2, 0) is 13.1 Å². The van der Waals surface area contributed by atoms with Crippen LogP contribution in [0, 0.1) is 11.7 Å². The van der Waals surface area contributed by atoms with Crippen LogP contribution in [0.3, 0.4) is 0 Å². The lowest BCUT2D eigenvalue weighted by Crippen LogP contribution is -2.16. The topological polar surface area (TPSA) is 67.7 Å². The molecule has 6 nitrogen and oxygen atoms in total. The second-order valence-electron chi connectivity index (χ2n) is 7.99. The van der Waals surface area contributed by atoms with Crippen molar-refractivity contribution < 1.29 is 4.39 Å². The molecule has 1 saturated heterocycles. The zero-order valence-electron chi connectivity index (χ0n) is 17.5. The van der Waals surface area contributed by atoms with Gasteiger partial charge in [-0.15, -0.1) is 0 Å². The summed E-state index contributed by atoms with van der Waals surface area (Å²) in [7, 11) is 0. The number of halogens is 4. The molecule has 0 bridgehead atoms. The Labute approximate surface area is 205 Å². The second kappa shape index (κ2) is 9.43. The summed E-state index contributed by atoms with van der Waals surface area (Å²) >= 11 is 19.0. The maximum Gasteiger partial charge on any atom is 0.225 e. The Morgan fingerprint density at radius 2 is 1.94 bits per heavy atom. The molecule has 5 rings (SSSR count). The number of nitrogens with one attached hydrogen (secondary N) is 2. The predicted molar refractivity (Wildman–Crippen MR) is 130 cm³/mol.